The van der Waals surface area contributed by atoms with E-state index in [9.17, 15) is 0 Å². The number of nitrogens with zero attached hydrogens (tertiary/aromatic N) is 6. The molecule has 0 saturated heterocycles. The summed E-state index contributed by atoms with van der Waals surface area (Å²) in [5.74, 6) is 1.84. The van der Waals surface area contributed by atoms with Crippen molar-refractivity contribution in [1.29, 1.82) is 0 Å². The molecule has 0 saturated carbocycles. The highest BCUT2D eigenvalue weighted by Crippen LogP contribution is 2.35. The molecular weight excluding hydrogens is 412 g/mol. The first kappa shape index (κ1) is 19.3. The lowest BCUT2D eigenvalue weighted by Crippen LogP contribution is -1.97. The largest absolute Gasteiger partial charge is 0.326 e. The molecule has 0 aliphatic rings. The first-order valence-corrected chi connectivity index (χ1v) is 10.6. The van der Waals surface area contributed by atoms with Gasteiger partial charge in [0, 0.05) is 29.3 Å². The molecule has 8 heteroatoms. The monoisotopic (exact) mass is 432 g/mol. The number of rotatable bonds is 4. The molecule has 6 rings (SSSR count). The van der Waals surface area contributed by atoms with Gasteiger partial charge in [-0.1, -0.05) is 54.6 Å². The van der Waals surface area contributed by atoms with Crippen LogP contribution in [0.4, 0.5) is 0 Å². The van der Waals surface area contributed by atoms with E-state index in [1.165, 1.54) is 0 Å². The fourth-order valence-electron chi connectivity index (χ4n) is 4.06. The van der Waals surface area contributed by atoms with Crippen LogP contribution in [0.5, 0.6) is 0 Å². The van der Waals surface area contributed by atoms with Gasteiger partial charge in [0.1, 0.15) is 5.82 Å². The van der Waals surface area contributed by atoms with E-state index in [4.69, 9.17) is 10.7 Å². The Labute approximate surface area is 189 Å². The summed E-state index contributed by atoms with van der Waals surface area (Å²) >= 11 is 0. The molecule has 0 atom stereocenters. The molecular formula is C25H20N8. The van der Waals surface area contributed by atoms with Gasteiger partial charge in [-0.2, -0.15) is 5.10 Å². The number of pyridine rings is 2. The maximum Gasteiger partial charge on any atom is 0.205 e. The molecule has 160 valence electrons. The van der Waals surface area contributed by atoms with E-state index in [2.05, 4.69) is 55.7 Å². The van der Waals surface area contributed by atoms with Crippen molar-refractivity contribution in [2.45, 2.75) is 13.5 Å². The zero-order valence-corrected chi connectivity index (χ0v) is 17.9. The van der Waals surface area contributed by atoms with E-state index < -0.39 is 0 Å². The van der Waals surface area contributed by atoms with Crippen molar-refractivity contribution in [2.75, 3.05) is 0 Å². The molecule has 2 aromatic carbocycles. The Morgan fingerprint density at radius 1 is 0.909 bits per heavy atom. The number of benzene rings is 2. The predicted molar refractivity (Wildman–Crippen MR) is 127 cm³/mol. The lowest BCUT2D eigenvalue weighted by molar-refractivity contribution is 1.02. The van der Waals surface area contributed by atoms with Crippen molar-refractivity contribution in [3.63, 3.8) is 0 Å². The molecule has 0 bridgehead atoms. The van der Waals surface area contributed by atoms with Crippen LogP contribution in [0, 0.1) is 6.92 Å². The third-order valence-electron chi connectivity index (χ3n) is 5.73. The number of nitrogens with one attached hydrogen (secondary N) is 1. The Kier molecular flexibility index (Phi) is 4.44. The molecule has 3 N–H and O–H groups in total. The van der Waals surface area contributed by atoms with Gasteiger partial charge in [-0.3, -0.25) is 9.50 Å². The van der Waals surface area contributed by atoms with Crippen molar-refractivity contribution >= 4 is 16.6 Å². The Morgan fingerprint density at radius 3 is 2.45 bits per heavy atom. The second kappa shape index (κ2) is 7.61. The van der Waals surface area contributed by atoms with Gasteiger partial charge in [0.05, 0.1) is 11.2 Å². The number of hydrogen-bond acceptors (Lipinski definition) is 6. The van der Waals surface area contributed by atoms with Crippen LogP contribution in [0.25, 0.3) is 50.6 Å². The number of aromatic amines is 1. The zero-order chi connectivity index (χ0) is 22.4. The Bertz CT molecular complexity index is 1600. The molecule has 0 unspecified atom stereocenters. The minimum Gasteiger partial charge on any atom is -0.326 e. The molecule has 33 heavy (non-hydrogen) atoms. The average Bonchev–Trinajstić information content (AvgIpc) is 3.50. The highest BCUT2D eigenvalue weighted by molar-refractivity contribution is 5.98. The molecule has 0 radical (unpaired) electrons. The second-order valence-corrected chi connectivity index (χ2v) is 7.85. The summed E-state index contributed by atoms with van der Waals surface area (Å²) in [6, 6.07) is 22.6. The molecule has 0 aliphatic heterocycles. The van der Waals surface area contributed by atoms with Crippen LogP contribution in [0.15, 0.2) is 72.9 Å². The first-order chi connectivity index (χ1) is 16.2. The van der Waals surface area contributed by atoms with Gasteiger partial charge in [-0.15, -0.1) is 10.2 Å². The summed E-state index contributed by atoms with van der Waals surface area (Å²) < 4.78 is 1.91. The second-order valence-electron chi connectivity index (χ2n) is 7.85. The summed E-state index contributed by atoms with van der Waals surface area (Å²) in [4.78, 5) is 9.47. The molecule has 4 heterocycles. The number of hydrogen-bond donors (Lipinski definition) is 2. The number of H-pyrrole nitrogens is 1. The predicted octanol–water partition coefficient (Wildman–Crippen LogP) is 4.16. The summed E-state index contributed by atoms with van der Waals surface area (Å²) in [6.07, 6.45) is 1.92. The molecule has 0 spiro atoms. The van der Waals surface area contributed by atoms with Crippen LogP contribution in [0.2, 0.25) is 0 Å². The standard InChI is InChI=1S/C25H20N8/c1-15-27-23(30-29-15)25-32-31-24-20-13-19(17-5-3-2-4-6-17)22(28-21(20)11-12-33(24)25)18-9-7-16(14-26)8-10-18/h2-13H,14,26H2,1H3,(H,27,29,30). The molecule has 6 aromatic rings. The van der Waals surface area contributed by atoms with Gasteiger partial charge >= 0.3 is 0 Å². The quantitative estimate of drug-likeness (QED) is 0.433. The van der Waals surface area contributed by atoms with Gasteiger partial charge in [0.2, 0.25) is 5.82 Å². The summed E-state index contributed by atoms with van der Waals surface area (Å²) in [6.45, 7) is 2.34. The zero-order valence-electron chi connectivity index (χ0n) is 17.9. The van der Waals surface area contributed by atoms with Gasteiger partial charge in [-0.05, 0) is 30.2 Å². The normalized spacial score (nSPS) is 11.5. The Morgan fingerprint density at radius 2 is 1.73 bits per heavy atom. The van der Waals surface area contributed by atoms with Crippen molar-refractivity contribution in [3.8, 4) is 34.0 Å². The van der Waals surface area contributed by atoms with Gasteiger partial charge in [0.25, 0.3) is 0 Å². The summed E-state index contributed by atoms with van der Waals surface area (Å²) in [5, 5.41) is 16.8. The first-order valence-electron chi connectivity index (χ1n) is 10.6. The highest BCUT2D eigenvalue weighted by atomic mass is 15.3. The van der Waals surface area contributed by atoms with E-state index in [1.807, 2.05) is 53.9 Å². The smallest absolute Gasteiger partial charge is 0.205 e. The van der Waals surface area contributed by atoms with Gasteiger partial charge in [-0.25, -0.2) is 9.97 Å². The molecule has 0 aliphatic carbocycles. The molecule has 0 fully saturated rings. The molecule has 8 nitrogen and oxygen atoms in total. The molecule has 0 amide bonds. The lowest BCUT2D eigenvalue weighted by atomic mass is 9.97. The number of aromatic nitrogens is 7. The van der Waals surface area contributed by atoms with Crippen molar-refractivity contribution in [3.05, 3.63) is 84.3 Å². The van der Waals surface area contributed by atoms with Gasteiger partial charge in [0.15, 0.2) is 11.5 Å². The fourth-order valence-corrected chi connectivity index (χ4v) is 4.06. The topological polar surface area (TPSA) is 111 Å². The highest BCUT2D eigenvalue weighted by Gasteiger charge is 2.17. The van der Waals surface area contributed by atoms with Crippen molar-refractivity contribution < 1.29 is 0 Å². The SMILES string of the molecule is Cc1n[nH]c(-c2nnc3c4cc(-c5ccccc5)c(-c5ccc(CN)cc5)nc4ccn23)n1. The third kappa shape index (κ3) is 3.24. The fraction of sp³-hybridized carbons (Fsp3) is 0.0800. The van der Waals surface area contributed by atoms with Crippen LogP contribution >= 0.6 is 0 Å². The van der Waals surface area contributed by atoms with E-state index in [1.54, 1.807) is 0 Å². The Hall–Kier alpha value is -4.43. The minimum atomic E-state index is 0.509. The van der Waals surface area contributed by atoms with Crippen LogP contribution < -0.4 is 5.73 Å². The van der Waals surface area contributed by atoms with Crippen LogP contribution in [0.1, 0.15) is 11.4 Å². The average molecular weight is 432 g/mol. The maximum absolute atomic E-state index is 5.79. The number of aryl methyl sites for hydroxylation is 1. The minimum absolute atomic E-state index is 0.509. The Balaban J connectivity index is 1.61. The van der Waals surface area contributed by atoms with E-state index in [0.717, 1.165) is 38.9 Å². The number of fused-ring (bicyclic) bond motifs is 3. The van der Waals surface area contributed by atoms with E-state index in [-0.39, 0.29) is 0 Å². The van der Waals surface area contributed by atoms with Gasteiger partial charge < -0.3 is 5.73 Å². The van der Waals surface area contributed by atoms with Crippen molar-refractivity contribution in [2.24, 2.45) is 5.73 Å². The van der Waals surface area contributed by atoms with E-state index in [0.29, 0.717) is 29.7 Å². The van der Waals surface area contributed by atoms with Crippen LogP contribution in [0.3, 0.4) is 0 Å². The van der Waals surface area contributed by atoms with E-state index >= 15 is 0 Å². The lowest BCUT2D eigenvalue weighted by Gasteiger charge is -2.12. The molecule has 4 aromatic heterocycles. The number of nitrogens with two attached hydrogens (primary N) is 1. The third-order valence-corrected chi connectivity index (χ3v) is 5.73. The maximum atomic E-state index is 5.79. The van der Waals surface area contributed by atoms with Crippen molar-refractivity contribution in [1.82, 2.24) is 34.8 Å². The van der Waals surface area contributed by atoms with Crippen LogP contribution in [-0.2, 0) is 6.54 Å². The summed E-state index contributed by atoms with van der Waals surface area (Å²) in [5.41, 5.74) is 12.5. The summed E-state index contributed by atoms with van der Waals surface area (Å²) in [7, 11) is 0. The van der Waals surface area contributed by atoms with Crippen LogP contribution in [-0.4, -0.2) is 34.8 Å².